The van der Waals surface area contributed by atoms with Gasteiger partial charge in [-0.15, -0.1) is 0 Å². The summed E-state index contributed by atoms with van der Waals surface area (Å²) in [7, 11) is -3.81. The fourth-order valence-corrected chi connectivity index (χ4v) is 4.52. The van der Waals surface area contributed by atoms with Crippen molar-refractivity contribution in [3.05, 3.63) is 89.4 Å². The predicted octanol–water partition coefficient (Wildman–Crippen LogP) is 2.95. The number of hydrogen-bond acceptors (Lipinski definition) is 6. The number of hydrazone groups is 1. The number of carbonyl (C=O) groups excluding carboxylic acids is 2. The van der Waals surface area contributed by atoms with Crippen LogP contribution in [0, 0.1) is 6.92 Å². The van der Waals surface area contributed by atoms with Crippen LogP contribution in [0.5, 0.6) is 0 Å². The Bertz CT molecular complexity index is 1280. The Kier molecular flexibility index (Phi) is 8.56. The minimum atomic E-state index is -3.81. The van der Waals surface area contributed by atoms with Crippen LogP contribution in [0.15, 0.2) is 81.1 Å². The molecule has 1 aromatic heterocycles. The highest BCUT2D eigenvalue weighted by molar-refractivity contribution is 7.89. The second-order valence-corrected chi connectivity index (χ2v) is 10.1. The lowest BCUT2D eigenvalue weighted by molar-refractivity contribution is -0.139. The Hall–Kier alpha value is -3.76. The Morgan fingerprint density at radius 3 is 2.31 bits per heavy atom. The van der Waals surface area contributed by atoms with Crippen molar-refractivity contribution in [3.63, 3.8) is 0 Å². The normalized spacial score (nSPS) is 11.8. The average Bonchev–Trinajstić information content (AvgIpc) is 3.26. The Labute approximate surface area is 204 Å². The van der Waals surface area contributed by atoms with E-state index in [1.165, 1.54) is 10.5 Å². The predicted molar refractivity (Wildman–Crippen MR) is 132 cm³/mol. The summed E-state index contributed by atoms with van der Waals surface area (Å²) in [5.41, 5.74) is 3.91. The van der Waals surface area contributed by atoms with Gasteiger partial charge in [-0.3, -0.25) is 9.59 Å². The van der Waals surface area contributed by atoms with Crippen molar-refractivity contribution in [1.29, 1.82) is 0 Å². The molecular weight excluding hydrogens is 468 g/mol. The van der Waals surface area contributed by atoms with Crippen molar-refractivity contribution in [2.75, 3.05) is 0 Å². The standard InChI is InChI=1S/C25H28N4O5S/c1-18(2)27-24(30)25(31)28-26-15-21-11-12-22(34-21)17-29(16-20-7-5-4-6-8-20)35(32,33)23-13-9-19(3)10-14-23/h4-15,18H,16-17H2,1-3H3,(H,27,30)(H,28,31)/b26-15+. The number of amides is 2. The van der Waals surface area contributed by atoms with Crippen molar-refractivity contribution < 1.29 is 22.4 Å². The third kappa shape index (κ3) is 7.36. The van der Waals surface area contributed by atoms with E-state index >= 15 is 0 Å². The van der Waals surface area contributed by atoms with E-state index in [1.54, 1.807) is 50.2 Å². The zero-order valence-electron chi connectivity index (χ0n) is 19.8. The van der Waals surface area contributed by atoms with E-state index in [1.807, 2.05) is 37.3 Å². The van der Waals surface area contributed by atoms with Crippen molar-refractivity contribution in [2.24, 2.45) is 5.10 Å². The molecule has 3 aromatic rings. The first-order chi connectivity index (χ1) is 16.6. The number of benzene rings is 2. The van der Waals surface area contributed by atoms with E-state index in [2.05, 4.69) is 15.8 Å². The van der Waals surface area contributed by atoms with Gasteiger partial charge in [0.1, 0.15) is 11.5 Å². The second-order valence-electron chi connectivity index (χ2n) is 8.20. The molecule has 3 rings (SSSR count). The summed E-state index contributed by atoms with van der Waals surface area (Å²) >= 11 is 0. The lowest BCUT2D eigenvalue weighted by Crippen LogP contribution is -2.41. The molecule has 0 bridgehead atoms. The van der Waals surface area contributed by atoms with Crippen LogP contribution in [0.3, 0.4) is 0 Å². The van der Waals surface area contributed by atoms with Gasteiger partial charge in [0.2, 0.25) is 10.0 Å². The highest BCUT2D eigenvalue weighted by Gasteiger charge is 2.26. The van der Waals surface area contributed by atoms with E-state index in [-0.39, 0.29) is 29.8 Å². The van der Waals surface area contributed by atoms with Gasteiger partial charge in [-0.25, -0.2) is 13.8 Å². The van der Waals surface area contributed by atoms with Crippen LogP contribution in [-0.2, 0) is 32.7 Å². The molecule has 2 amide bonds. The van der Waals surface area contributed by atoms with Gasteiger partial charge in [0.15, 0.2) is 0 Å². The Morgan fingerprint density at radius 2 is 1.66 bits per heavy atom. The average molecular weight is 497 g/mol. The first-order valence-corrected chi connectivity index (χ1v) is 12.4. The number of nitrogens with zero attached hydrogens (tertiary/aromatic N) is 2. The van der Waals surface area contributed by atoms with Gasteiger partial charge in [0, 0.05) is 12.6 Å². The smallest absolute Gasteiger partial charge is 0.329 e. The van der Waals surface area contributed by atoms with E-state index < -0.39 is 21.8 Å². The number of rotatable bonds is 9. The molecule has 0 fully saturated rings. The summed E-state index contributed by atoms with van der Waals surface area (Å²) in [5, 5.41) is 6.18. The molecule has 10 heteroatoms. The van der Waals surface area contributed by atoms with Crippen molar-refractivity contribution in [3.8, 4) is 0 Å². The number of furan rings is 1. The summed E-state index contributed by atoms with van der Waals surface area (Å²) in [5.74, 6) is -1.02. The summed E-state index contributed by atoms with van der Waals surface area (Å²) in [6.07, 6.45) is 1.24. The van der Waals surface area contributed by atoms with Crippen molar-refractivity contribution in [1.82, 2.24) is 15.0 Å². The van der Waals surface area contributed by atoms with Gasteiger partial charge < -0.3 is 9.73 Å². The van der Waals surface area contributed by atoms with Crippen LogP contribution in [0.2, 0.25) is 0 Å². The van der Waals surface area contributed by atoms with E-state index in [4.69, 9.17) is 4.42 Å². The fraction of sp³-hybridized carbons (Fsp3) is 0.240. The summed E-state index contributed by atoms with van der Waals surface area (Å²) in [6, 6.07) is 19.0. The van der Waals surface area contributed by atoms with Gasteiger partial charge in [0.25, 0.3) is 0 Å². The van der Waals surface area contributed by atoms with Crippen LogP contribution in [0.1, 0.15) is 36.5 Å². The second kappa shape index (κ2) is 11.6. The minimum absolute atomic E-state index is 0.0118. The molecule has 0 atom stereocenters. The zero-order chi connectivity index (χ0) is 25.4. The summed E-state index contributed by atoms with van der Waals surface area (Å²) < 4.78 is 33.9. The van der Waals surface area contributed by atoms with Crippen LogP contribution in [-0.4, -0.2) is 36.8 Å². The van der Waals surface area contributed by atoms with Crippen LogP contribution in [0.25, 0.3) is 0 Å². The quantitative estimate of drug-likeness (QED) is 0.268. The lowest BCUT2D eigenvalue weighted by Gasteiger charge is -2.21. The number of carbonyl (C=O) groups is 2. The molecule has 35 heavy (non-hydrogen) atoms. The molecular formula is C25H28N4O5S. The highest BCUT2D eigenvalue weighted by atomic mass is 32.2. The Morgan fingerprint density at radius 1 is 0.971 bits per heavy atom. The molecule has 184 valence electrons. The molecule has 0 saturated carbocycles. The van der Waals surface area contributed by atoms with Crippen molar-refractivity contribution >= 4 is 28.1 Å². The topological polar surface area (TPSA) is 121 Å². The lowest BCUT2D eigenvalue weighted by atomic mass is 10.2. The van der Waals surface area contributed by atoms with Crippen LogP contribution >= 0.6 is 0 Å². The molecule has 2 N–H and O–H groups in total. The van der Waals surface area contributed by atoms with Gasteiger partial charge in [-0.2, -0.15) is 9.41 Å². The molecule has 0 radical (unpaired) electrons. The molecule has 0 aliphatic carbocycles. The maximum absolute atomic E-state index is 13.4. The molecule has 0 aliphatic heterocycles. The first kappa shape index (κ1) is 25.9. The van der Waals surface area contributed by atoms with Crippen LogP contribution < -0.4 is 10.7 Å². The van der Waals surface area contributed by atoms with Gasteiger partial charge in [-0.05, 0) is 50.6 Å². The molecule has 0 unspecified atom stereocenters. The molecule has 0 aliphatic rings. The number of sulfonamides is 1. The van der Waals surface area contributed by atoms with Gasteiger partial charge in [-0.1, -0.05) is 48.0 Å². The first-order valence-electron chi connectivity index (χ1n) is 11.0. The Balaban J connectivity index is 1.75. The highest BCUT2D eigenvalue weighted by Crippen LogP contribution is 2.22. The zero-order valence-corrected chi connectivity index (χ0v) is 20.6. The van der Waals surface area contributed by atoms with Crippen LogP contribution in [0.4, 0.5) is 0 Å². The molecule has 1 heterocycles. The summed E-state index contributed by atoms with van der Waals surface area (Å²) in [6.45, 7) is 5.51. The largest absolute Gasteiger partial charge is 0.459 e. The molecule has 9 nitrogen and oxygen atoms in total. The maximum atomic E-state index is 13.4. The molecule has 2 aromatic carbocycles. The van der Waals surface area contributed by atoms with E-state index in [9.17, 15) is 18.0 Å². The van der Waals surface area contributed by atoms with Gasteiger partial charge in [0.05, 0.1) is 17.7 Å². The monoisotopic (exact) mass is 496 g/mol. The number of nitrogens with one attached hydrogen (secondary N) is 2. The number of aryl methyl sites for hydroxylation is 1. The number of hydrogen-bond donors (Lipinski definition) is 2. The van der Waals surface area contributed by atoms with E-state index in [0.717, 1.165) is 11.1 Å². The SMILES string of the molecule is Cc1ccc(S(=O)(=O)N(Cc2ccccc2)Cc2ccc(/C=N/NC(=O)C(=O)NC(C)C)o2)cc1. The van der Waals surface area contributed by atoms with E-state index in [0.29, 0.717) is 5.76 Å². The third-order valence-electron chi connectivity index (χ3n) is 4.86. The fourth-order valence-electron chi connectivity index (χ4n) is 3.13. The molecule has 0 spiro atoms. The minimum Gasteiger partial charge on any atom is -0.459 e. The summed E-state index contributed by atoms with van der Waals surface area (Å²) in [4.78, 5) is 23.5. The maximum Gasteiger partial charge on any atom is 0.329 e. The van der Waals surface area contributed by atoms with Gasteiger partial charge >= 0.3 is 11.8 Å². The molecule has 0 saturated heterocycles. The third-order valence-corrected chi connectivity index (χ3v) is 6.66. The van der Waals surface area contributed by atoms with Crippen molar-refractivity contribution in [2.45, 2.75) is 44.8 Å².